The van der Waals surface area contributed by atoms with Crippen molar-refractivity contribution in [2.75, 3.05) is 0 Å². The Bertz CT molecular complexity index is 786. The molecule has 20 heavy (non-hydrogen) atoms. The summed E-state index contributed by atoms with van der Waals surface area (Å²) in [6.45, 7) is 0. The lowest BCUT2D eigenvalue weighted by molar-refractivity contribution is 0.566. The van der Waals surface area contributed by atoms with Gasteiger partial charge in [-0.1, -0.05) is 15.9 Å². The van der Waals surface area contributed by atoms with E-state index in [1.165, 1.54) is 16.7 Å². The number of hydrogen-bond donors (Lipinski definition) is 1. The van der Waals surface area contributed by atoms with Crippen molar-refractivity contribution in [3.05, 3.63) is 28.5 Å². The minimum Gasteiger partial charge on any atom is -0.294 e. The van der Waals surface area contributed by atoms with Crippen LogP contribution in [0.2, 0.25) is 0 Å². The fourth-order valence-corrected chi connectivity index (χ4v) is 2.98. The number of sulfonamides is 1. The summed E-state index contributed by atoms with van der Waals surface area (Å²) in [6.07, 6.45) is 1.59. The van der Waals surface area contributed by atoms with Crippen LogP contribution in [-0.4, -0.2) is 23.2 Å². The number of hydrogen-bond acceptors (Lipinski definition) is 4. The summed E-state index contributed by atoms with van der Waals surface area (Å²) in [6, 6.07) is 4.42. The van der Waals surface area contributed by atoms with Crippen molar-refractivity contribution < 1.29 is 12.8 Å². The van der Waals surface area contributed by atoms with Gasteiger partial charge in [-0.25, -0.2) is 17.9 Å². The van der Waals surface area contributed by atoms with Gasteiger partial charge < -0.3 is 0 Å². The van der Waals surface area contributed by atoms with Gasteiger partial charge in [-0.15, -0.1) is 10.2 Å². The van der Waals surface area contributed by atoms with E-state index in [0.29, 0.717) is 4.47 Å². The van der Waals surface area contributed by atoms with Crippen LogP contribution in [-0.2, 0) is 10.0 Å². The molecule has 1 heterocycles. The smallest absolute Gasteiger partial charge is 0.273 e. The lowest BCUT2D eigenvalue weighted by atomic mass is 10.2. The van der Waals surface area contributed by atoms with Gasteiger partial charge in [-0.2, -0.15) is 0 Å². The number of nitrogens with two attached hydrogens (primary N) is 1. The molecule has 0 spiro atoms. The number of nitrogens with zero attached hydrogens (tertiary/aromatic N) is 3. The van der Waals surface area contributed by atoms with Crippen molar-refractivity contribution in [1.29, 1.82) is 0 Å². The molecule has 1 fully saturated rings. The quantitative estimate of drug-likeness (QED) is 0.903. The Kier molecular flexibility index (Phi) is 3.14. The van der Waals surface area contributed by atoms with Crippen molar-refractivity contribution in [3.63, 3.8) is 0 Å². The first-order chi connectivity index (χ1) is 9.38. The SMILES string of the molecule is NS(=O)(=O)c1nnc(-c2ccc(Br)cc2F)n1C1CC1. The maximum absolute atomic E-state index is 14.0. The number of rotatable bonds is 3. The molecule has 106 valence electrons. The van der Waals surface area contributed by atoms with Crippen LogP contribution < -0.4 is 5.14 Å². The van der Waals surface area contributed by atoms with E-state index in [2.05, 4.69) is 26.1 Å². The molecular weight excluding hydrogens is 351 g/mol. The third kappa shape index (κ3) is 2.36. The molecule has 1 aromatic heterocycles. The summed E-state index contributed by atoms with van der Waals surface area (Å²) in [5, 5.41) is 12.2. The van der Waals surface area contributed by atoms with Gasteiger partial charge in [-0.3, -0.25) is 4.57 Å². The van der Waals surface area contributed by atoms with E-state index in [0.717, 1.165) is 12.8 Å². The molecular formula is C11H10BrFN4O2S. The summed E-state index contributed by atoms with van der Waals surface area (Å²) in [5.74, 6) is -0.323. The Labute approximate surface area is 123 Å². The maximum atomic E-state index is 14.0. The van der Waals surface area contributed by atoms with Gasteiger partial charge in [0.2, 0.25) is 0 Å². The standard InChI is InChI=1S/C11H10BrFN4O2S/c12-6-1-4-8(9(13)5-6)10-15-16-11(20(14,18)19)17(10)7-2-3-7/h1,4-5,7H,2-3H2,(H2,14,18,19). The Morgan fingerprint density at radius 3 is 2.60 bits per heavy atom. The van der Waals surface area contributed by atoms with Gasteiger partial charge in [0.15, 0.2) is 5.82 Å². The fraction of sp³-hybridized carbons (Fsp3) is 0.273. The lowest BCUT2D eigenvalue weighted by Gasteiger charge is -2.08. The molecule has 0 bridgehead atoms. The van der Waals surface area contributed by atoms with E-state index in [1.807, 2.05) is 0 Å². The largest absolute Gasteiger partial charge is 0.294 e. The van der Waals surface area contributed by atoms with Crippen molar-refractivity contribution in [3.8, 4) is 11.4 Å². The van der Waals surface area contributed by atoms with Gasteiger partial charge in [0, 0.05) is 10.5 Å². The molecule has 0 unspecified atom stereocenters. The first-order valence-electron chi connectivity index (χ1n) is 5.81. The minimum atomic E-state index is -3.99. The Balaban J connectivity index is 2.22. The molecule has 2 N–H and O–H groups in total. The first kappa shape index (κ1) is 13.7. The van der Waals surface area contributed by atoms with Crippen molar-refractivity contribution >= 4 is 26.0 Å². The van der Waals surface area contributed by atoms with E-state index < -0.39 is 15.8 Å². The second-order valence-electron chi connectivity index (χ2n) is 4.58. The Morgan fingerprint density at radius 2 is 2.05 bits per heavy atom. The second-order valence-corrected chi connectivity index (χ2v) is 6.95. The van der Waals surface area contributed by atoms with E-state index in [-0.39, 0.29) is 22.6 Å². The molecule has 1 aliphatic carbocycles. The van der Waals surface area contributed by atoms with Gasteiger partial charge in [0.05, 0.1) is 5.56 Å². The number of benzene rings is 1. The predicted molar refractivity (Wildman–Crippen MR) is 72.8 cm³/mol. The molecule has 0 aliphatic heterocycles. The highest BCUT2D eigenvalue weighted by atomic mass is 79.9. The zero-order valence-electron chi connectivity index (χ0n) is 10.1. The predicted octanol–water partition coefficient (Wildman–Crippen LogP) is 1.83. The molecule has 1 aliphatic rings. The van der Waals surface area contributed by atoms with E-state index >= 15 is 0 Å². The third-order valence-corrected chi connectivity index (χ3v) is 4.28. The highest BCUT2D eigenvalue weighted by molar-refractivity contribution is 9.10. The monoisotopic (exact) mass is 360 g/mol. The van der Waals surface area contributed by atoms with Crippen LogP contribution >= 0.6 is 15.9 Å². The average molecular weight is 361 g/mol. The van der Waals surface area contributed by atoms with Crippen LogP contribution in [0.15, 0.2) is 27.8 Å². The van der Waals surface area contributed by atoms with Gasteiger partial charge in [-0.05, 0) is 31.0 Å². The second kappa shape index (κ2) is 4.61. The summed E-state index contributed by atoms with van der Waals surface area (Å²) < 4.78 is 39.1. The molecule has 6 nitrogen and oxygen atoms in total. The Morgan fingerprint density at radius 1 is 1.35 bits per heavy atom. The number of halogens is 2. The molecule has 0 atom stereocenters. The third-order valence-electron chi connectivity index (χ3n) is 3.00. The van der Waals surface area contributed by atoms with Crippen LogP contribution in [0.4, 0.5) is 4.39 Å². The summed E-state index contributed by atoms with van der Waals surface area (Å²) >= 11 is 3.17. The summed E-state index contributed by atoms with van der Waals surface area (Å²) in [7, 11) is -3.99. The minimum absolute atomic E-state index is 0.0450. The lowest BCUT2D eigenvalue weighted by Crippen LogP contribution is -2.18. The molecule has 2 aromatic rings. The van der Waals surface area contributed by atoms with E-state index in [9.17, 15) is 12.8 Å². The van der Waals surface area contributed by atoms with Crippen LogP contribution in [0.3, 0.4) is 0 Å². The Hall–Kier alpha value is -1.32. The van der Waals surface area contributed by atoms with E-state index in [1.54, 1.807) is 6.07 Å². The highest BCUT2D eigenvalue weighted by Gasteiger charge is 2.34. The van der Waals surface area contributed by atoms with Gasteiger partial charge in [0.1, 0.15) is 5.82 Å². The van der Waals surface area contributed by atoms with Crippen molar-refractivity contribution in [1.82, 2.24) is 14.8 Å². The average Bonchev–Trinajstić information content (AvgIpc) is 3.07. The molecule has 0 amide bonds. The summed E-state index contributed by atoms with van der Waals surface area (Å²) in [4.78, 5) is 0. The molecule has 1 aromatic carbocycles. The topological polar surface area (TPSA) is 90.9 Å². The zero-order chi connectivity index (χ0) is 14.5. The van der Waals surface area contributed by atoms with E-state index in [4.69, 9.17) is 5.14 Å². The number of primary sulfonamides is 1. The molecule has 3 rings (SSSR count). The fourth-order valence-electron chi connectivity index (χ4n) is 1.99. The van der Waals surface area contributed by atoms with Crippen LogP contribution in [0, 0.1) is 5.82 Å². The first-order valence-corrected chi connectivity index (χ1v) is 8.15. The van der Waals surface area contributed by atoms with Crippen LogP contribution in [0.5, 0.6) is 0 Å². The molecule has 0 saturated heterocycles. The van der Waals surface area contributed by atoms with Crippen LogP contribution in [0.25, 0.3) is 11.4 Å². The highest BCUT2D eigenvalue weighted by Crippen LogP contribution is 2.40. The molecule has 1 saturated carbocycles. The van der Waals surface area contributed by atoms with Crippen LogP contribution in [0.1, 0.15) is 18.9 Å². The van der Waals surface area contributed by atoms with Gasteiger partial charge >= 0.3 is 0 Å². The normalized spacial score (nSPS) is 15.6. The summed E-state index contributed by atoms with van der Waals surface area (Å²) in [5.41, 5.74) is 0.197. The maximum Gasteiger partial charge on any atom is 0.273 e. The zero-order valence-corrected chi connectivity index (χ0v) is 12.5. The number of aromatic nitrogens is 3. The van der Waals surface area contributed by atoms with Crippen molar-refractivity contribution in [2.45, 2.75) is 24.0 Å². The molecule has 0 radical (unpaired) electrons. The van der Waals surface area contributed by atoms with Crippen molar-refractivity contribution in [2.24, 2.45) is 5.14 Å². The molecule has 9 heteroatoms. The van der Waals surface area contributed by atoms with Gasteiger partial charge in [0.25, 0.3) is 15.2 Å².